The van der Waals surface area contributed by atoms with Gasteiger partial charge in [0.15, 0.2) is 0 Å². The van der Waals surface area contributed by atoms with Crippen molar-refractivity contribution >= 4 is 5.97 Å². The molecule has 1 saturated heterocycles. The van der Waals surface area contributed by atoms with Gasteiger partial charge in [-0.3, -0.25) is 4.79 Å². The van der Waals surface area contributed by atoms with E-state index in [-0.39, 0.29) is 17.3 Å². The number of rotatable bonds is 1. The van der Waals surface area contributed by atoms with E-state index < -0.39 is 0 Å². The molecule has 0 aromatic heterocycles. The third kappa shape index (κ3) is 0.959. The molecule has 0 aromatic rings. The van der Waals surface area contributed by atoms with E-state index in [9.17, 15) is 4.79 Å². The summed E-state index contributed by atoms with van der Waals surface area (Å²) in [4.78, 5) is 11.4. The molecule has 0 amide bonds. The number of hydrogen-bond acceptors (Lipinski definition) is 3. The van der Waals surface area contributed by atoms with Gasteiger partial charge >= 0.3 is 5.97 Å². The lowest BCUT2D eigenvalue weighted by molar-refractivity contribution is -0.150. The van der Waals surface area contributed by atoms with Gasteiger partial charge in [0.2, 0.25) is 0 Å². The Bertz CT molecular complexity index is 199. The molecular weight excluding hydrogens is 154 g/mol. The van der Waals surface area contributed by atoms with Gasteiger partial charge in [0.25, 0.3) is 0 Å². The van der Waals surface area contributed by atoms with Crippen LogP contribution < -0.4 is 5.32 Å². The maximum Gasteiger partial charge on any atom is 0.310 e. The highest BCUT2D eigenvalue weighted by molar-refractivity contribution is 5.74. The van der Waals surface area contributed by atoms with Crippen LogP contribution in [0.4, 0.5) is 0 Å². The normalized spacial score (nSPS) is 31.6. The highest BCUT2D eigenvalue weighted by atomic mass is 16.5. The summed E-state index contributed by atoms with van der Waals surface area (Å²) in [5.41, 5.74) is 0.271. The molecule has 0 aromatic carbocycles. The van der Waals surface area contributed by atoms with Crippen molar-refractivity contribution in [3.63, 3.8) is 0 Å². The highest BCUT2D eigenvalue weighted by Gasteiger charge is 2.50. The lowest BCUT2D eigenvalue weighted by Crippen LogP contribution is -2.41. The fraction of sp³-hybridized carbons (Fsp3) is 0.889. The second-order valence-electron chi connectivity index (χ2n) is 3.92. The number of carbonyl (C=O) groups is 1. The van der Waals surface area contributed by atoms with Crippen LogP contribution >= 0.6 is 0 Å². The Morgan fingerprint density at radius 1 is 1.58 bits per heavy atom. The fourth-order valence-corrected chi connectivity index (χ4v) is 2.44. The molecule has 0 radical (unpaired) electrons. The third-order valence-corrected chi connectivity index (χ3v) is 3.40. The average Bonchev–Trinajstić information content (AvgIpc) is 2.45. The average molecular weight is 169 g/mol. The first-order valence-corrected chi connectivity index (χ1v) is 4.57. The van der Waals surface area contributed by atoms with Gasteiger partial charge in [-0.15, -0.1) is 0 Å². The molecular formula is C9H15NO2. The van der Waals surface area contributed by atoms with E-state index in [0.717, 1.165) is 13.1 Å². The number of esters is 1. The van der Waals surface area contributed by atoms with Crippen molar-refractivity contribution in [1.82, 2.24) is 5.32 Å². The quantitative estimate of drug-likeness (QED) is 0.582. The Hall–Kier alpha value is -0.570. The zero-order chi connectivity index (χ0) is 8.60. The molecule has 12 heavy (non-hydrogen) atoms. The minimum Gasteiger partial charge on any atom is -0.469 e. The summed E-state index contributed by atoms with van der Waals surface area (Å²) in [7, 11) is 1.48. The van der Waals surface area contributed by atoms with Crippen LogP contribution in [0.25, 0.3) is 0 Å². The molecule has 1 unspecified atom stereocenters. The largest absolute Gasteiger partial charge is 0.469 e. The minimum absolute atomic E-state index is 0.0281. The maximum absolute atomic E-state index is 11.4. The molecule has 1 saturated carbocycles. The Kier molecular flexibility index (Phi) is 1.83. The van der Waals surface area contributed by atoms with Crippen molar-refractivity contribution in [1.29, 1.82) is 0 Å². The standard InChI is InChI=1S/C9H15NO2/c1-12-8(11)7-5-10-6-9(7)3-2-4-9/h7,10H,2-6H2,1H3. The van der Waals surface area contributed by atoms with Crippen LogP contribution in [0, 0.1) is 11.3 Å². The van der Waals surface area contributed by atoms with Crippen molar-refractivity contribution in [2.45, 2.75) is 19.3 Å². The van der Waals surface area contributed by atoms with E-state index in [1.807, 2.05) is 0 Å². The lowest BCUT2D eigenvalue weighted by atomic mass is 9.63. The van der Waals surface area contributed by atoms with Gasteiger partial charge in [0.05, 0.1) is 13.0 Å². The van der Waals surface area contributed by atoms with Crippen LogP contribution in [-0.2, 0) is 9.53 Å². The van der Waals surface area contributed by atoms with Gasteiger partial charge in [-0.05, 0) is 18.3 Å². The molecule has 3 heteroatoms. The number of carbonyl (C=O) groups excluding carboxylic acids is 1. The molecule has 1 heterocycles. The predicted molar refractivity (Wildman–Crippen MR) is 44.7 cm³/mol. The van der Waals surface area contributed by atoms with E-state index in [1.165, 1.54) is 26.4 Å². The van der Waals surface area contributed by atoms with E-state index >= 15 is 0 Å². The van der Waals surface area contributed by atoms with Gasteiger partial charge in [0.1, 0.15) is 0 Å². The number of methoxy groups -OCH3 is 1. The molecule has 2 aliphatic rings. The van der Waals surface area contributed by atoms with Crippen LogP contribution in [0.15, 0.2) is 0 Å². The van der Waals surface area contributed by atoms with E-state index in [0.29, 0.717) is 0 Å². The zero-order valence-corrected chi connectivity index (χ0v) is 7.43. The van der Waals surface area contributed by atoms with Crippen molar-refractivity contribution in [3.05, 3.63) is 0 Å². The van der Waals surface area contributed by atoms with Crippen LogP contribution in [0.3, 0.4) is 0 Å². The Morgan fingerprint density at radius 2 is 2.33 bits per heavy atom. The summed E-state index contributed by atoms with van der Waals surface area (Å²) in [5, 5.41) is 3.28. The maximum atomic E-state index is 11.4. The van der Waals surface area contributed by atoms with Gasteiger partial charge in [0, 0.05) is 13.1 Å². The first-order valence-electron chi connectivity index (χ1n) is 4.57. The SMILES string of the molecule is COC(=O)C1CNCC12CCC2. The summed E-state index contributed by atoms with van der Waals surface area (Å²) >= 11 is 0. The molecule has 0 bridgehead atoms. The molecule has 68 valence electrons. The highest BCUT2D eigenvalue weighted by Crippen LogP contribution is 2.49. The Morgan fingerprint density at radius 3 is 2.83 bits per heavy atom. The molecule has 1 atom stereocenters. The van der Waals surface area contributed by atoms with E-state index in [1.54, 1.807) is 0 Å². The Labute approximate surface area is 72.5 Å². The molecule has 2 rings (SSSR count). The zero-order valence-electron chi connectivity index (χ0n) is 7.43. The van der Waals surface area contributed by atoms with Crippen LogP contribution in [0.5, 0.6) is 0 Å². The molecule has 1 aliphatic heterocycles. The third-order valence-electron chi connectivity index (χ3n) is 3.40. The fourth-order valence-electron chi connectivity index (χ4n) is 2.44. The van der Waals surface area contributed by atoms with Gasteiger partial charge in [-0.25, -0.2) is 0 Å². The minimum atomic E-state index is -0.0281. The summed E-state index contributed by atoms with van der Waals surface area (Å²) in [6, 6.07) is 0. The molecule has 2 fully saturated rings. The number of nitrogens with one attached hydrogen (secondary N) is 1. The molecule has 1 N–H and O–H groups in total. The van der Waals surface area contributed by atoms with Crippen LogP contribution in [0.2, 0.25) is 0 Å². The summed E-state index contributed by atoms with van der Waals surface area (Å²) < 4.78 is 4.79. The van der Waals surface area contributed by atoms with Gasteiger partial charge in [-0.1, -0.05) is 6.42 Å². The summed E-state index contributed by atoms with van der Waals surface area (Å²) in [6.07, 6.45) is 3.66. The van der Waals surface area contributed by atoms with Crippen molar-refractivity contribution in [2.24, 2.45) is 11.3 Å². The van der Waals surface area contributed by atoms with Crippen molar-refractivity contribution in [2.75, 3.05) is 20.2 Å². The topological polar surface area (TPSA) is 38.3 Å². The van der Waals surface area contributed by atoms with Gasteiger partial charge < -0.3 is 10.1 Å². The van der Waals surface area contributed by atoms with Crippen LogP contribution in [-0.4, -0.2) is 26.2 Å². The lowest BCUT2D eigenvalue weighted by Gasteiger charge is -2.41. The van der Waals surface area contributed by atoms with Crippen molar-refractivity contribution < 1.29 is 9.53 Å². The second kappa shape index (κ2) is 2.73. The second-order valence-corrected chi connectivity index (χ2v) is 3.92. The van der Waals surface area contributed by atoms with Crippen LogP contribution in [0.1, 0.15) is 19.3 Å². The number of ether oxygens (including phenoxy) is 1. The Balaban J connectivity index is 2.09. The van der Waals surface area contributed by atoms with Gasteiger partial charge in [-0.2, -0.15) is 0 Å². The summed E-state index contributed by atoms with van der Waals surface area (Å²) in [5.74, 6) is 0.0935. The predicted octanol–water partition coefficient (Wildman–Crippen LogP) is 0.549. The van der Waals surface area contributed by atoms with E-state index in [4.69, 9.17) is 4.74 Å². The summed E-state index contributed by atoms with van der Waals surface area (Å²) in [6.45, 7) is 1.82. The smallest absolute Gasteiger partial charge is 0.310 e. The first-order chi connectivity index (χ1) is 5.78. The molecule has 1 aliphatic carbocycles. The first kappa shape index (κ1) is 8.05. The van der Waals surface area contributed by atoms with E-state index in [2.05, 4.69) is 5.32 Å². The van der Waals surface area contributed by atoms with Crippen molar-refractivity contribution in [3.8, 4) is 0 Å². The number of hydrogen-bond donors (Lipinski definition) is 1. The molecule has 3 nitrogen and oxygen atoms in total. The monoisotopic (exact) mass is 169 g/mol. The molecule has 1 spiro atoms.